The molecule has 0 saturated heterocycles. The van der Waals surface area contributed by atoms with Crippen molar-refractivity contribution in [2.45, 2.75) is 110 Å². The molecule has 0 heterocycles. The number of likely N-dealkylation sites (N-methyl/N-ethyl adjacent to an activating group) is 1. The molecule has 0 aliphatic heterocycles. The number of phosphoric ester groups is 1. The number of esters is 2. The van der Waals surface area contributed by atoms with Crippen molar-refractivity contribution in [3.8, 4) is 0 Å². The average Bonchev–Trinajstić information content (AvgIpc) is 2.79. The molecule has 2 atom stereocenters. The second kappa shape index (κ2) is 21.0. The molecule has 0 amide bonds. The Hall–Kier alpha value is -0.990. The topological polar surface area (TPSA) is 108 Å². The molecule has 0 radical (unpaired) electrons. The molecular weight excluding hydrogens is 485 g/mol. The Bertz CT molecular complexity index is 624. The van der Waals surface area contributed by atoms with E-state index in [1.165, 1.54) is 25.7 Å². The first-order valence-corrected chi connectivity index (χ1v) is 15.3. The van der Waals surface area contributed by atoms with Crippen molar-refractivity contribution < 1.29 is 42.1 Å². The lowest BCUT2D eigenvalue weighted by Gasteiger charge is -2.24. The molecule has 0 rings (SSSR count). The zero-order valence-corrected chi connectivity index (χ0v) is 24.4. The molecule has 0 fully saturated rings. The molecule has 0 aromatic heterocycles. The van der Waals surface area contributed by atoms with Gasteiger partial charge in [0.1, 0.15) is 19.8 Å². The fourth-order valence-corrected chi connectivity index (χ4v) is 4.10. The number of hydrogen-bond donors (Lipinski definition) is 1. The van der Waals surface area contributed by atoms with Gasteiger partial charge in [-0.3, -0.25) is 18.6 Å². The minimum absolute atomic E-state index is 0.0346. The fourth-order valence-electron chi connectivity index (χ4n) is 3.36. The second-order valence-electron chi connectivity index (χ2n) is 10.4. The van der Waals surface area contributed by atoms with Gasteiger partial charge in [-0.05, 0) is 12.8 Å². The summed E-state index contributed by atoms with van der Waals surface area (Å²) in [5.74, 6) is -0.822. The highest BCUT2D eigenvalue weighted by Crippen LogP contribution is 2.43. The van der Waals surface area contributed by atoms with E-state index in [0.29, 0.717) is 23.9 Å². The van der Waals surface area contributed by atoms with Gasteiger partial charge in [-0.2, -0.15) is 0 Å². The van der Waals surface area contributed by atoms with E-state index in [4.69, 9.17) is 18.5 Å². The molecule has 36 heavy (non-hydrogen) atoms. The van der Waals surface area contributed by atoms with Gasteiger partial charge in [0, 0.05) is 12.8 Å². The van der Waals surface area contributed by atoms with Crippen LogP contribution in [-0.4, -0.2) is 74.9 Å². The lowest BCUT2D eigenvalue weighted by atomic mass is 10.1. The smallest absolute Gasteiger partial charge is 0.462 e. The predicted octanol–water partition coefficient (Wildman–Crippen LogP) is 5.78. The van der Waals surface area contributed by atoms with Crippen LogP contribution in [0.5, 0.6) is 0 Å². The van der Waals surface area contributed by atoms with Crippen LogP contribution >= 0.6 is 7.82 Å². The van der Waals surface area contributed by atoms with E-state index in [-0.39, 0.29) is 25.6 Å². The van der Waals surface area contributed by atoms with Crippen LogP contribution in [0.2, 0.25) is 0 Å². The summed E-state index contributed by atoms with van der Waals surface area (Å²) < 4.78 is 33.6. The molecule has 0 aromatic carbocycles. The maximum atomic E-state index is 12.3. The zero-order chi connectivity index (χ0) is 27.3. The summed E-state index contributed by atoms with van der Waals surface area (Å²) >= 11 is 0. The molecule has 9 nitrogen and oxygen atoms in total. The van der Waals surface area contributed by atoms with E-state index in [0.717, 1.165) is 44.9 Å². The quantitative estimate of drug-likeness (QED) is 0.0713. The van der Waals surface area contributed by atoms with Crippen LogP contribution in [0, 0.1) is 0 Å². The largest absolute Gasteiger partial charge is 0.472 e. The first-order valence-electron chi connectivity index (χ1n) is 13.8. The van der Waals surface area contributed by atoms with Crippen molar-refractivity contribution in [1.82, 2.24) is 0 Å². The summed E-state index contributed by atoms with van der Waals surface area (Å²) in [5.41, 5.74) is 0. The van der Waals surface area contributed by atoms with Crippen LogP contribution < -0.4 is 0 Å². The molecule has 10 heteroatoms. The number of quaternary nitrogens is 1. The summed E-state index contributed by atoms with van der Waals surface area (Å²) in [7, 11) is 1.47. The van der Waals surface area contributed by atoms with E-state index in [1.54, 1.807) is 0 Å². The Labute approximate surface area is 219 Å². The number of rotatable bonds is 24. The van der Waals surface area contributed by atoms with Crippen LogP contribution in [0.4, 0.5) is 0 Å². The predicted molar refractivity (Wildman–Crippen MR) is 141 cm³/mol. The van der Waals surface area contributed by atoms with Crippen LogP contribution in [-0.2, 0) is 32.7 Å². The Morgan fingerprint density at radius 3 is 1.78 bits per heavy atom. The van der Waals surface area contributed by atoms with Gasteiger partial charge in [0.25, 0.3) is 0 Å². The van der Waals surface area contributed by atoms with Crippen molar-refractivity contribution in [2.24, 2.45) is 0 Å². The minimum atomic E-state index is -4.33. The van der Waals surface area contributed by atoms with E-state index >= 15 is 0 Å². The third kappa shape index (κ3) is 23.4. The standard InChI is InChI=1S/C26H52NO8P/c1-6-8-10-12-13-15-16-18-25(28)32-22-24(35-26(29)19-17-14-11-9-7-2)23-34-36(30,31)33-21-20-27(3,4)5/h24H,6-23H2,1-5H3/p+1/t24-/m0/s1. The van der Waals surface area contributed by atoms with Gasteiger partial charge >= 0.3 is 19.8 Å². The second-order valence-corrected chi connectivity index (χ2v) is 11.9. The first kappa shape index (κ1) is 35.0. The third-order valence-electron chi connectivity index (χ3n) is 5.64. The Kier molecular flexibility index (Phi) is 20.4. The number of phosphoric acid groups is 1. The van der Waals surface area contributed by atoms with Crippen molar-refractivity contribution in [1.29, 1.82) is 0 Å². The maximum Gasteiger partial charge on any atom is 0.472 e. The summed E-state index contributed by atoms with van der Waals surface area (Å²) in [5, 5.41) is 0. The highest BCUT2D eigenvalue weighted by Gasteiger charge is 2.27. The van der Waals surface area contributed by atoms with Gasteiger partial charge in [-0.15, -0.1) is 0 Å². The molecule has 1 N–H and O–H groups in total. The number of ether oxygens (including phenoxy) is 2. The molecule has 0 saturated carbocycles. The number of unbranched alkanes of at least 4 members (excludes halogenated alkanes) is 10. The normalized spacial score (nSPS) is 14.3. The molecule has 0 aliphatic carbocycles. The van der Waals surface area contributed by atoms with Crippen molar-refractivity contribution in [3.05, 3.63) is 0 Å². The summed E-state index contributed by atoms with van der Waals surface area (Å²) in [6, 6.07) is 0. The molecule has 1 unspecified atom stereocenters. The number of nitrogens with zero attached hydrogens (tertiary/aromatic N) is 1. The van der Waals surface area contributed by atoms with Crippen LogP contribution in [0.25, 0.3) is 0 Å². The van der Waals surface area contributed by atoms with E-state index < -0.39 is 26.5 Å². The molecule has 0 aromatic rings. The number of carbonyl (C=O) groups is 2. The van der Waals surface area contributed by atoms with Gasteiger partial charge in [0.05, 0.1) is 27.7 Å². The summed E-state index contributed by atoms with van der Waals surface area (Å²) in [6.07, 6.45) is 12.1. The summed E-state index contributed by atoms with van der Waals surface area (Å²) in [6.45, 7) is 4.23. The van der Waals surface area contributed by atoms with Gasteiger partial charge < -0.3 is 18.9 Å². The van der Waals surface area contributed by atoms with Gasteiger partial charge in [0.2, 0.25) is 0 Å². The summed E-state index contributed by atoms with van der Waals surface area (Å²) in [4.78, 5) is 34.4. The third-order valence-corrected chi connectivity index (χ3v) is 6.62. The zero-order valence-electron chi connectivity index (χ0n) is 23.5. The SMILES string of the molecule is CCCCCCCCCC(=O)OC[C@@H](COP(=O)(O)OCC[N+](C)(C)C)OC(=O)CCCCCCC. The van der Waals surface area contributed by atoms with E-state index in [1.807, 2.05) is 21.1 Å². The molecule has 0 spiro atoms. The Morgan fingerprint density at radius 1 is 0.750 bits per heavy atom. The Balaban J connectivity index is 4.58. The number of carbonyl (C=O) groups excluding carboxylic acids is 2. The van der Waals surface area contributed by atoms with Crippen molar-refractivity contribution in [3.63, 3.8) is 0 Å². The van der Waals surface area contributed by atoms with Crippen molar-refractivity contribution >= 4 is 19.8 Å². The van der Waals surface area contributed by atoms with E-state index in [2.05, 4.69) is 13.8 Å². The highest BCUT2D eigenvalue weighted by molar-refractivity contribution is 7.47. The van der Waals surface area contributed by atoms with Crippen LogP contribution in [0.1, 0.15) is 104 Å². The average molecular weight is 539 g/mol. The molecule has 0 aliphatic rings. The minimum Gasteiger partial charge on any atom is -0.462 e. The lowest BCUT2D eigenvalue weighted by Crippen LogP contribution is -2.37. The van der Waals surface area contributed by atoms with Crippen LogP contribution in [0.3, 0.4) is 0 Å². The molecule has 0 bridgehead atoms. The molecule has 214 valence electrons. The first-order chi connectivity index (χ1) is 17.0. The fraction of sp³-hybridized carbons (Fsp3) is 0.923. The highest BCUT2D eigenvalue weighted by atomic mass is 31.2. The van der Waals surface area contributed by atoms with Crippen LogP contribution in [0.15, 0.2) is 0 Å². The van der Waals surface area contributed by atoms with E-state index in [9.17, 15) is 19.0 Å². The number of hydrogen-bond acceptors (Lipinski definition) is 7. The van der Waals surface area contributed by atoms with Gasteiger partial charge in [0.15, 0.2) is 6.10 Å². The molecular formula is C26H53NO8P+. The monoisotopic (exact) mass is 538 g/mol. The van der Waals surface area contributed by atoms with Gasteiger partial charge in [-0.1, -0.05) is 78.1 Å². The Morgan fingerprint density at radius 2 is 1.25 bits per heavy atom. The van der Waals surface area contributed by atoms with Gasteiger partial charge in [-0.25, -0.2) is 4.57 Å². The lowest BCUT2D eigenvalue weighted by molar-refractivity contribution is -0.870. The van der Waals surface area contributed by atoms with Crippen molar-refractivity contribution in [2.75, 3.05) is 47.5 Å². The maximum absolute atomic E-state index is 12.3.